The SMILES string of the molecule is O=C(OCCCS(=O)(=O)O)c1ccccn1. The van der Waals surface area contributed by atoms with Crippen LogP contribution in [0.1, 0.15) is 16.9 Å². The molecule has 0 atom stereocenters. The molecule has 88 valence electrons. The van der Waals surface area contributed by atoms with Crippen molar-refractivity contribution in [2.24, 2.45) is 0 Å². The van der Waals surface area contributed by atoms with Crippen LogP contribution in [0.3, 0.4) is 0 Å². The number of carbonyl (C=O) groups is 1. The van der Waals surface area contributed by atoms with E-state index in [9.17, 15) is 13.2 Å². The fraction of sp³-hybridized carbons (Fsp3) is 0.333. The van der Waals surface area contributed by atoms with Gasteiger partial charge >= 0.3 is 5.97 Å². The fourth-order valence-corrected chi connectivity index (χ4v) is 1.45. The van der Waals surface area contributed by atoms with Gasteiger partial charge < -0.3 is 4.74 Å². The van der Waals surface area contributed by atoms with E-state index in [1.165, 1.54) is 12.3 Å². The summed E-state index contributed by atoms with van der Waals surface area (Å²) < 4.78 is 33.9. The molecular formula is C9H11NO5S. The zero-order chi connectivity index (χ0) is 12.0. The number of aromatic nitrogens is 1. The Morgan fingerprint density at radius 1 is 1.44 bits per heavy atom. The summed E-state index contributed by atoms with van der Waals surface area (Å²) in [7, 11) is -3.99. The first-order chi connectivity index (χ1) is 7.49. The van der Waals surface area contributed by atoms with Crippen LogP contribution in [-0.2, 0) is 14.9 Å². The van der Waals surface area contributed by atoms with E-state index in [4.69, 9.17) is 9.29 Å². The van der Waals surface area contributed by atoms with Crippen LogP contribution in [0.25, 0.3) is 0 Å². The number of hydrogen-bond donors (Lipinski definition) is 1. The van der Waals surface area contributed by atoms with Gasteiger partial charge in [-0.2, -0.15) is 8.42 Å². The van der Waals surface area contributed by atoms with Crippen molar-refractivity contribution in [3.8, 4) is 0 Å². The quantitative estimate of drug-likeness (QED) is 0.461. The molecule has 1 aromatic rings. The zero-order valence-electron chi connectivity index (χ0n) is 8.37. The maximum atomic E-state index is 11.3. The molecule has 0 fully saturated rings. The summed E-state index contributed by atoms with van der Waals surface area (Å²) in [4.78, 5) is 15.0. The molecule has 0 unspecified atom stereocenters. The molecule has 6 nitrogen and oxygen atoms in total. The summed E-state index contributed by atoms with van der Waals surface area (Å²) >= 11 is 0. The van der Waals surface area contributed by atoms with Crippen LogP contribution in [0.15, 0.2) is 24.4 Å². The minimum absolute atomic E-state index is 0.0530. The topological polar surface area (TPSA) is 93.6 Å². The number of carbonyl (C=O) groups excluding carboxylic acids is 1. The van der Waals surface area contributed by atoms with Gasteiger partial charge in [0, 0.05) is 6.20 Å². The summed E-state index contributed by atoms with van der Waals surface area (Å²) in [6, 6.07) is 4.79. The Morgan fingerprint density at radius 3 is 2.75 bits per heavy atom. The fourth-order valence-electron chi connectivity index (χ4n) is 0.964. The van der Waals surface area contributed by atoms with Crippen LogP contribution in [-0.4, -0.2) is 36.3 Å². The first-order valence-electron chi connectivity index (χ1n) is 4.52. The van der Waals surface area contributed by atoms with Gasteiger partial charge in [-0.3, -0.25) is 4.55 Å². The molecule has 0 spiro atoms. The van der Waals surface area contributed by atoms with E-state index in [-0.39, 0.29) is 18.7 Å². The summed E-state index contributed by atoms with van der Waals surface area (Å²) in [5.41, 5.74) is 0.161. The molecule has 0 aliphatic carbocycles. The third-order valence-corrected chi connectivity index (χ3v) is 2.46. The summed E-state index contributed by atoms with van der Waals surface area (Å²) in [5.74, 6) is -1.04. The molecule has 0 amide bonds. The van der Waals surface area contributed by atoms with E-state index >= 15 is 0 Å². The van der Waals surface area contributed by atoms with Gasteiger partial charge in [-0.25, -0.2) is 9.78 Å². The van der Waals surface area contributed by atoms with Gasteiger partial charge in [-0.15, -0.1) is 0 Å². The maximum Gasteiger partial charge on any atom is 0.356 e. The number of pyridine rings is 1. The molecule has 7 heteroatoms. The number of rotatable bonds is 5. The van der Waals surface area contributed by atoms with Crippen molar-refractivity contribution in [1.29, 1.82) is 0 Å². The average Bonchev–Trinajstić information content (AvgIpc) is 2.24. The van der Waals surface area contributed by atoms with Crippen LogP contribution in [0, 0.1) is 0 Å². The third kappa shape index (κ3) is 4.85. The highest BCUT2D eigenvalue weighted by Crippen LogP contribution is 1.98. The number of hydrogen-bond acceptors (Lipinski definition) is 5. The molecule has 1 N–H and O–H groups in total. The van der Waals surface area contributed by atoms with Gasteiger partial charge in [0.05, 0.1) is 12.4 Å². The van der Waals surface area contributed by atoms with Gasteiger partial charge in [0.25, 0.3) is 10.1 Å². The van der Waals surface area contributed by atoms with Crippen molar-refractivity contribution < 1.29 is 22.5 Å². The Kier molecular flexibility index (Phi) is 4.39. The number of esters is 1. The van der Waals surface area contributed by atoms with Crippen molar-refractivity contribution in [3.63, 3.8) is 0 Å². The third-order valence-electron chi connectivity index (χ3n) is 1.65. The van der Waals surface area contributed by atoms with Crippen LogP contribution in [0.2, 0.25) is 0 Å². The van der Waals surface area contributed by atoms with Crippen LogP contribution < -0.4 is 0 Å². The van der Waals surface area contributed by atoms with Crippen molar-refractivity contribution in [3.05, 3.63) is 30.1 Å². The standard InChI is InChI=1S/C9H11NO5S/c11-9(8-4-1-2-5-10-8)15-6-3-7-16(12,13)14/h1-2,4-5H,3,6-7H2,(H,12,13,14). The van der Waals surface area contributed by atoms with Crippen molar-refractivity contribution in [1.82, 2.24) is 4.98 Å². The van der Waals surface area contributed by atoms with Gasteiger partial charge in [0.1, 0.15) is 5.69 Å². The molecule has 0 saturated heterocycles. The molecule has 0 radical (unpaired) electrons. The van der Waals surface area contributed by atoms with E-state index in [0.29, 0.717) is 0 Å². The first-order valence-corrected chi connectivity index (χ1v) is 6.13. The van der Waals surface area contributed by atoms with Crippen LogP contribution in [0.5, 0.6) is 0 Å². The lowest BCUT2D eigenvalue weighted by Crippen LogP contribution is -2.11. The predicted molar refractivity (Wildman–Crippen MR) is 55.6 cm³/mol. The van der Waals surface area contributed by atoms with Crippen LogP contribution >= 0.6 is 0 Å². The summed E-state index contributed by atoms with van der Waals surface area (Å²) in [5, 5.41) is 0. The number of nitrogens with zero attached hydrogens (tertiary/aromatic N) is 1. The summed E-state index contributed by atoms with van der Waals surface area (Å²) in [6.07, 6.45) is 1.51. The average molecular weight is 245 g/mol. The lowest BCUT2D eigenvalue weighted by atomic mass is 10.3. The predicted octanol–water partition coefficient (Wildman–Crippen LogP) is 0.516. The Hall–Kier alpha value is -1.47. The monoisotopic (exact) mass is 245 g/mol. The molecule has 0 aliphatic rings. The molecule has 0 aliphatic heterocycles. The largest absolute Gasteiger partial charge is 0.461 e. The minimum atomic E-state index is -3.99. The Bertz CT molecular complexity index is 442. The Balaban J connectivity index is 2.32. The second-order valence-electron chi connectivity index (χ2n) is 2.99. The molecule has 1 aromatic heterocycles. The van der Waals surface area contributed by atoms with E-state index in [1.807, 2.05) is 0 Å². The zero-order valence-corrected chi connectivity index (χ0v) is 9.18. The van der Waals surface area contributed by atoms with Gasteiger partial charge in [-0.1, -0.05) is 6.07 Å². The maximum absolute atomic E-state index is 11.3. The van der Waals surface area contributed by atoms with Crippen molar-refractivity contribution in [2.45, 2.75) is 6.42 Å². The lowest BCUT2D eigenvalue weighted by molar-refractivity contribution is 0.0498. The Morgan fingerprint density at radius 2 is 2.19 bits per heavy atom. The molecule has 16 heavy (non-hydrogen) atoms. The van der Waals surface area contributed by atoms with Crippen molar-refractivity contribution >= 4 is 16.1 Å². The van der Waals surface area contributed by atoms with Crippen LogP contribution in [0.4, 0.5) is 0 Å². The summed E-state index contributed by atoms with van der Waals surface area (Å²) in [6.45, 7) is -0.0742. The molecular weight excluding hydrogens is 234 g/mol. The normalized spacial score (nSPS) is 11.1. The number of ether oxygens (including phenoxy) is 1. The molecule has 1 heterocycles. The van der Waals surface area contributed by atoms with Gasteiger partial charge in [0.2, 0.25) is 0 Å². The lowest BCUT2D eigenvalue weighted by Gasteiger charge is -2.02. The minimum Gasteiger partial charge on any atom is -0.461 e. The van der Waals surface area contributed by atoms with Gasteiger partial charge in [-0.05, 0) is 18.6 Å². The smallest absolute Gasteiger partial charge is 0.356 e. The van der Waals surface area contributed by atoms with E-state index in [0.717, 1.165) is 0 Å². The molecule has 0 aromatic carbocycles. The van der Waals surface area contributed by atoms with Gasteiger partial charge in [0.15, 0.2) is 0 Å². The Labute approximate surface area is 93.0 Å². The van der Waals surface area contributed by atoms with E-state index in [2.05, 4.69) is 4.98 Å². The molecule has 0 saturated carbocycles. The molecule has 0 bridgehead atoms. The van der Waals surface area contributed by atoms with E-state index < -0.39 is 21.8 Å². The molecule has 1 rings (SSSR count). The highest BCUT2D eigenvalue weighted by molar-refractivity contribution is 7.85. The first kappa shape index (κ1) is 12.6. The highest BCUT2D eigenvalue weighted by Gasteiger charge is 2.09. The van der Waals surface area contributed by atoms with Crippen molar-refractivity contribution in [2.75, 3.05) is 12.4 Å². The second kappa shape index (κ2) is 5.57. The highest BCUT2D eigenvalue weighted by atomic mass is 32.2. The van der Waals surface area contributed by atoms with E-state index in [1.54, 1.807) is 12.1 Å². The second-order valence-corrected chi connectivity index (χ2v) is 4.56.